The Morgan fingerprint density at radius 3 is 2.56 bits per heavy atom. The van der Waals surface area contributed by atoms with E-state index < -0.39 is 4.92 Å². The third-order valence-electron chi connectivity index (χ3n) is 5.11. The summed E-state index contributed by atoms with van der Waals surface area (Å²) in [5.74, 6) is 0.232. The van der Waals surface area contributed by atoms with Crippen LogP contribution in [0.4, 0.5) is 5.69 Å². The van der Waals surface area contributed by atoms with Crippen LogP contribution < -0.4 is 4.74 Å². The van der Waals surface area contributed by atoms with Gasteiger partial charge in [-0.25, -0.2) is 0 Å². The maximum atomic E-state index is 12.3. The number of unbranched alkanes of at least 4 members (excludes halogenated alkanes) is 1. The summed E-state index contributed by atoms with van der Waals surface area (Å²) < 4.78 is 5.59. The minimum absolute atomic E-state index is 0.0433. The second-order valence-electron chi connectivity index (χ2n) is 7.09. The highest BCUT2D eigenvalue weighted by molar-refractivity contribution is 5.98. The maximum Gasteiger partial charge on any atom is 0.280 e. The Kier molecular flexibility index (Phi) is 7.76. The summed E-state index contributed by atoms with van der Waals surface area (Å²) in [6, 6.07) is 4.57. The van der Waals surface area contributed by atoms with Crippen molar-refractivity contribution in [3.05, 3.63) is 33.9 Å². The van der Waals surface area contributed by atoms with Crippen LogP contribution in [-0.2, 0) is 4.79 Å². The van der Waals surface area contributed by atoms with Gasteiger partial charge < -0.3 is 9.64 Å². The monoisotopic (exact) mass is 376 g/mol. The first-order valence-corrected chi connectivity index (χ1v) is 9.58. The molecule has 0 aromatic heterocycles. The molecule has 7 heteroatoms. The number of rotatable bonds is 9. The van der Waals surface area contributed by atoms with E-state index in [9.17, 15) is 19.7 Å². The molecule has 0 aliphatic heterocycles. The summed E-state index contributed by atoms with van der Waals surface area (Å²) in [5, 5.41) is 10.9. The third kappa shape index (κ3) is 6.05. The van der Waals surface area contributed by atoms with Crippen LogP contribution in [0.3, 0.4) is 0 Å². The molecule has 1 aromatic carbocycles. The molecule has 1 amide bonds. The van der Waals surface area contributed by atoms with Crippen LogP contribution in [0.15, 0.2) is 18.2 Å². The first kappa shape index (κ1) is 20.9. The smallest absolute Gasteiger partial charge is 0.280 e. The number of amides is 1. The molecule has 0 unspecified atom stereocenters. The molecule has 0 heterocycles. The van der Waals surface area contributed by atoms with Gasteiger partial charge in [0.25, 0.3) is 5.69 Å². The maximum absolute atomic E-state index is 12.3. The van der Waals surface area contributed by atoms with Crippen molar-refractivity contribution in [3.8, 4) is 5.75 Å². The van der Waals surface area contributed by atoms with Crippen molar-refractivity contribution in [1.29, 1.82) is 0 Å². The van der Waals surface area contributed by atoms with E-state index in [0.29, 0.717) is 31.2 Å². The first-order chi connectivity index (χ1) is 12.9. The number of nitrogens with zero attached hydrogens (tertiary/aromatic N) is 2. The molecular weight excluding hydrogens is 348 g/mol. The number of benzene rings is 1. The van der Waals surface area contributed by atoms with Crippen LogP contribution in [0.1, 0.15) is 68.6 Å². The van der Waals surface area contributed by atoms with Crippen LogP contribution in [0, 0.1) is 10.1 Å². The third-order valence-corrected chi connectivity index (χ3v) is 5.11. The topological polar surface area (TPSA) is 89.8 Å². The minimum atomic E-state index is -0.574. The summed E-state index contributed by atoms with van der Waals surface area (Å²) >= 11 is 0. The highest BCUT2D eigenvalue weighted by Gasteiger charge is 2.21. The Morgan fingerprint density at radius 2 is 1.93 bits per heavy atom. The molecule has 0 bridgehead atoms. The fourth-order valence-electron chi connectivity index (χ4n) is 3.46. The van der Waals surface area contributed by atoms with Crippen LogP contribution in [-0.4, -0.2) is 41.2 Å². The molecule has 1 fully saturated rings. The van der Waals surface area contributed by atoms with Gasteiger partial charge in [0.05, 0.1) is 17.1 Å². The molecule has 148 valence electrons. The molecule has 0 spiro atoms. The lowest BCUT2D eigenvalue weighted by Crippen LogP contribution is -2.38. The Bertz CT molecular complexity index is 683. The lowest BCUT2D eigenvalue weighted by atomic mass is 9.94. The van der Waals surface area contributed by atoms with Crippen LogP contribution in [0.2, 0.25) is 0 Å². The van der Waals surface area contributed by atoms with Crippen molar-refractivity contribution >= 4 is 17.4 Å². The minimum Gasteiger partial charge on any atom is -0.494 e. The molecule has 0 saturated heterocycles. The molecule has 1 aromatic rings. The summed E-state index contributed by atoms with van der Waals surface area (Å²) in [6.45, 7) is 1.69. The van der Waals surface area contributed by atoms with Gasteiger partial charge in [0.15, 0.2) is 5.78 Å². The van der Waals surface area contributed by atoms with E-state index in [4.69, 9.17) is 4.74 Å². The Balaban J connectivity index is 1.75. The van der Waals surface area contributed by atoms with Gasteiger partial charge in [-0.15, -0.1) is 0 Å². The average Bonchev–Trinajstić information content (AvgIpc) is 2.67. The number of hydrogen-bond donors (Lipinski definition) is 0. The fourth-order valence-corrected chi connectivity index (χ4v) is 3.46. The van der Waals surface area contributed by atoms with E-state index in [1.807, 2.05) is 11.9 Å². The molecular formula is C20H28N2O5. The Labute approximate surface area is 159 Å². The second kappa shape index (κ2) is 10.0. The van der Waals surface area contributed by atoms with Gasteiger partial charge in [0.2, 0.25) is 5.91 Å². The van der Waals surface area contributed by atoms with Gasteiger partial charge in [-0.3, -0.25) is 19.7 Å². The normalized spacial score (nSPS) is 14.6. The molecule has 27 heavy (non-hydrogen) atoms. The largest absolute Gasteiger partial charge is 0.494 e. The molecule has 1 aliphatic rings. The number of nitro benzene ring substituents is 1. The predicted molar refractivity (Wildman–Crippen MR) is 102 cm³/mol. The van der Waals surface area contributed by atoms with E-state index >= 15 is 0 Å². The predicted octanol–water partition coefficient (Wildman–Crippen LogP) is 4.14. The molecule has 0 N–H and O–H groups in total. The SMILES string of the molecule is CC(=O)c1cc(OCCCCC(=O)N(C)C2CCCCC2)ccc1[N+](=O)[O-]. The number of hydrogen-bond acceptors (Lipinski definition) is 5. The van der Waals surface area contributed by atoms with Gasteiger partial charge in [-0.05, 0) is 44.7 Å². The molecule has 2 rings (SSSR count). The van der Waals surface area contributed by atoms with Gasteiger partial charge in [0, 0.05) is 25.6 Å². The first-order valence-electron chi connectivity index (χ1n) is 9.58. The van der Waals surface area contributed by atoms with Crippen molar-refractivity contribution < 1.29 is 19.2 Å². The van der Waals surface area contributed by atoms with E-state index in [0.717, 1.165) is 19.3 Å². The van der Waals surface area contributed by atoms with E-state index in [2.05, 4.69) is 0 Å². The quantitative estimate of drug-likeness (QED) is 0.280. The van der Waals surface area contributed by atoms with Crippen LogP contribution in [0.5, 0.6) is 5.75 Å². The molecule has 1 aliphatic carbocycles. The molecule has 0 radical (unpaired) electrons. The van der Waals surface area contributed by atoms with Crippen molar-refractivity contribution in [3.63, 3.8) is 0 Å². The summed E-state index contributed by atoms with van der Waals surface area (Å²) in [7, 11) is 1.90. The zero-order valence-electron chi connectivity index (χ0n) is 16.1. The number of ether oxygens (including phenoxy) is 1. The molecule has 1 saturated carbocycles. The molecule has 0 atom stereocenters. The van der Waals surface area contributed by atoms with Crippen LogP contribution in [0.25, 0.3) is 0 Å². The fraction of sp³-hybridized carbons (Fsp3) is 0.600. The van der Waals surface area contributed by atoms with E-state index in [1.165, 1.54) is 44.4 Å². The van der Waals surface area contributed by atoms with Gasteiger partial charge in [0.1, 0.15) is 5.75 Å². The average molecular weight is 376 g/mol. The Hall–Kier alpha value is -2.44. The van der Waals surface area contributed by atoms with Crippen molar-refractivity contribution in [2.45, 2.75) is 64.3 Å². The van der Waals surface area contributed by atoms with Gasteiger partial charge in [-0.2, -0.15) is 0 Å². The molecule has 7 nitrogen and oxygen atoms in total. The van der Waals surface area contributed by atoms with Crippen molar-refractivity contribution in [1.82, 2.24) is 4.90 Å². The second-order valence-corrected chi connectivity index (χ2v) is 7.09. The van der Waals surface area contributed by atoms with Crippen molar-refractivity contribution in [2.24, 2.45) is 0 Å². The lowest BCUT2D eigenvalue weighted by molar-refractivity contribution is -0.385. The van der Waals surface area contributed by atoms with Gasteiger partial charge >= 0.3 is 0 Å². The Morgan fingerprint density at radius 1 is 1.22 bits per heavy atom. The van der Waals surface area contributed by atoms with E-state index in [1.54, 1.807) is 0 Å². The summed E-state index contributed by atoms with van der Waals surface area (Å²) in [5.41, 5.74) is -0.173. The van der Waals surface area contributed by atoms with Gasteiger partial charge in [-0.1, -0.05) is 19.3 Å². The van der Waals surface area contributed by atoms with Crippen molar-refractivity contribution in [2.75, 3.05) is 13.7 Å². The number of carbonyl (C=O) groups is 2. The van der Waals surface area contributed by atoms with E-state index in [-0.39, 0.29) is 22.9 Å². The highest BCUT2D eigenvalue weighted by atomic mass is 16.6. The summed E-state index contributed by atoms with van der Waals surface area (Å²) in [4.78, 5) is 36.1. The number of ketones is 1. The summed E-state index contributed by atoms with van der Waals surface area (Å²) in [6.07, 6.45) is 7.80. The zero-order chi connectivity index (χ0) is 19.8. The highest BCUT2D eigenvalue weighted by Crippen LogP contribution is 2.25. The zero-order valence-corrected chi connectivity index (χ0v) is 16.1. The number of nitro groups is 1. The standard InChI is InChI=1S/C20H28N2O5/c1-15(23)18-14-17(11-12-19(18)22(25)26)27-13-7-6-10-20(24)21(2)16-8-4-3-5-9-16/h11-12,14,16H,3-10,13H2,1-2H3. The number of Topliss-reactive ketones (excluding diaryl/α,β-unsaturated/α-hetero) is 1. The van der Waals surface area contributed by atoms with Crippen LogP contribution >= 0.6 is 0 Å². The lowest BCUT2D eigenvalue weighted by Gasteiger charge is -2.31. The number of carbonyl (C=O) groups excluding carboxylic acids is 2.